The van der Waals surface area contributed by atoms with Gasteiger partial charge in [-0.25, -0.2) is 4.39 Å². The Morgan fingerprint density at radius 1 is 1.50 bits per heavy atom. The minimum Gasteiger partial charge on any atom is -0.293 e. The Morgan fingerprint density at radius 3 is 2.93 bits per heavy atom. The van der Waals surface area contributed by atoms with Gasteiger partial charge in [0.2, 0.25) is 0 Å². The van der Waals surface area contributed by atoms with E-state index in [9.17, 15) is 9.18 Å². The van der Waals surface area contributed by atoms with Gasteiger partial charge in [0.15, 0.2) is 11.6 Å². The van der Waals surface area contributed by atoms with E-state index >= 15 is 0 Å². The summed E-state index contributed by atoms with van der Waals surface area (Å²) in [5, 5.41) is 0. The zero-order valence-corrected chi connectivity index (χ0v) is 9.01. The average Bonchev–Trinajstić information content (AvgIpc) is 2.12. The predicted octanol–water partition coefficient (Wildman–Crippen LogP) is 3.12. The summed E-state index contributed by atoms with van der Waals surface area (Å²) >= 11 is 3.14. The zero-order chi connectivity index (χ0) is 10.3. The van der Waals surface area contributed by atoms with Crippen molar-refractivity contribution in [1.82, 2.24) is 0 Å². The van der Waals surface area contributed by atoms with E-state index in [1.807, 2.05) is 0 Å². The Balaban J connectivity index is 2.68. The van der Waals surface area contributed by atoms with Gasteiger partial charge in [-0.2, -0.15) is 0 Å². The number of Topliss-reactive ketones (excluding diaryl/α,β-unsaturated/α-hetero) is 1. The maximum absolute atomic E-state index is 13.3. The maximum atomic E-state index is 13.3. The molecule has 0 saturated carbocycles. The van der Waals surface area contributed by atoms with Crippen LogP contribution in [0.1, 0.15) is 17.3 Å². The molecule has 72 valence electrons. The van der Waals surface area contributed by atoms with Crippen LogP contribution in [0.15, 0.2) is 21.6 Å². The van der Waals surface area contributed by atoms with Gasteiger partial charge in [0, 0.05) is 16.3 Å². The van der Waals surface area contributed by atoms with Gasteiger partial charge in [0.1, 0.15) is 5.69 Å². The second-order valence-corrected chi connectivity index (χ2v) is 4.13. The molecule has 2 rings (SSSR count). The van der Waals surface area contributed by atoms with Crippen LogP contribution >= 0.6 is 15.9 Å². The third-order valence-electron chi connectivity index (χ3n) is 2.13. The lowest BCUT2D eigenvalue weighted by molar-refractivity contribution is 0.0962. The van der Waals surface area contributed by atoms with Crippen molar-refractivity contribution in [2.75, 3.05) is 0 Å². The first-order chi connectivity index (χ1) is 6.59. The van der Waals surface area contributed by atoms with Crippen LogP contribution in [-0.2, 0) is 0 Å². The van der Waals surface area contributed by atoms with Crippen LogP contribution in [0.5, 0.6) is 0 Å². The van der Waals surface area contributed by atoms with Crippen LogP contribution in [0.25, 0.3) is 0 Å². The summed E-state index contributed by atoms with van der Waals surface area (Å²) in [4.78, 5) is 15.6. The first-order valence-corrected chi connectivity index (χ1v) is 4.96. The number of benzene rings is 1. The minimum atomic E-state index is -0.467. The SMILES string of the molecule is CC1C=Nc2c(F)cc(Br)cc2C1=O. The van der Waals surface area contributed by atoms with Crippen molar-refractivity contribution in [2.24, 2.45) is 10.9 Å². The number of halogens is 2. The first kappa shape index (κ1) is 9.52. The highest BCUT2D eigenvalue weighted by Gasteiger charge is 2.23. The summed E-state index contributed by atoms with van der Waals surface area (Å²) in [5.74, 6) is -0.822. The van der Waals surface area contributed by atoms with E-state index in [1.165, 1.54) is 12.3 Å². The highest BCUT2D eigenvalue weighted by molar-refractivity contribution is 9.10. The van der Waals surface area contributed by atoms with Crippen LogP contribution in [0.3, 0.4) is 0 Å². The largest absolute Gasteiger partial charge is 0.293 e. The van der Waals surface area contributed by atoms with Crippen LogP contribution in [0.4, 0.5) is 10.1 Å². The van der Waals surface area contributed by atoms with Crippen molar-refractivity contribution < 1.29 is 9.18 Å². The summed E-state index contributed by atoms with van der Waals surface area (Å²) in [5.41, 5.74) is 0.503. The normalized spacial score (nSPS) is 19.6. The topological polar surface area (TPSA) is 29.4 Å². The fourth-order valence-corrected chi connectivity index (χ4v) is 1.81. The van der Waals surface area contributed by atoms with Crippen LogP contribution < -0.4 is 0 Å². The van der Waals surface area contributed by atoms with Crippen molar-refractivity contribution in [3.8, 4) is 0 Å². The highest BCUT2D eigenvalue weighted by Crippen LogP contribution is 2.31. The third-order valence-corrected chi connectivity index (χ3v) is 2.59. The molecular formula is C10H7BrFNO. The first-order valence-electron chi connectivity index (χ1n) is 4.17. The molecule has 0 radical (unpaired) electrons. The van der Waals surface area contributed by atoms with E-state index in [1.54, 1.807) is 13.0 Å². The van der Waals surface area contributed by atoms with Crippen molar-refractivity contribution >= 4 is 33.6 Å². The van der Waals surface area contributed by atoms with Crippen LogP contribution in [0.2, 0.25) is 0 Å². The molecule has 0 amide bonds. The molecule has 1 heterocycles. The van der Waals surface area contributed by atoms with Gasteiger partial charge in [0.25, 0.3) is 0 Å². The van der Waals surface area contributed by atoms with E-state index in [2.05, 4.69) is 20.9 Å². The number of aliphatic imine (C=N–C) groups is 1. The number of fused-ring (bicyclic) bond motifs is 1. The Morgan fingerprint density at radius 2 is 2.21 bits per heavy atom. The molecule has 0 fully saturated rings. The van der Waals surface area contributed by atoms with Crippen LogP contribution in [-0.4, -0.2) is 12.0 Å². The second kappa shape index (κ2) is 3.28. The average molecular weight is 256 g/mol. The maximum Gasteiger partial charge on any atom is 0.173 e. The molecule has 14 heavy (non-hydrogen) atoms. The van der Waals surface area contributed by atoms with E-state index in [0.29, 0.717) is 10.0 Å². The molecule has 1 aromatic rings. The number of rotatable bonds is 0. The molecule has 0 bridgehead atoms. The third kappa shape index (κ3) is 1.39. The zero-order valence-electron chi connectivity index (χ0n) is 7.42. The van der Waals surface area contributed by atoms with Crippen molar-refractivity contribution in [2.45, 2.75) is 6.92 Å². The molecule has 1 aromatic carbocycles. The summed E-state index contributed by atoms with van der Waals surface area (Å²) in [7, 11) is 0. The Bertz CT molecular complexity index is 442. The molecule has 0 saturated heterocycles. The molecule has 0 aromatic heterocycles. The quantitative estimate of drug-likeness (QED) is 0.701. The van der Waals surface area contributed by atoms with Gasteiger partial charge >= 0.3 is 0 Å². The molecule has 0 aliphatic carbocycles. The molecule has 1 atom stereocenters. The minimum absolute atomic E-state index is 0.0878. The van der Waals surface area contributed by atoms with Gasteiger partial charge in [-0.1, -0.05) is 22.9 Å². The Kier molecular flexibility index (Phi) is 2.23. The number of nitrogens with zero attached hydrogens (tertiary/aromatic N) is 1. The Labute approximate surface area is 89.0 Å². The van der Waals surface area contributed by atoms with Gasteiger partial charge in [-0.05, 0) is 12.1 Å². The molecule has 1 aliphatic heterocycles. The van der Waals surface area contributed by atoms with Gasteiger partial charge in [0.05, 0.1) is 5.92 Å². The van der Waals surface area contributed by atoms with E-state index < -0.39 is 5.82 Å². The predicted molar refractivity (Wildman–Crippen MR) is 55.7 cm³/mol. The number of hydrogen-bond acceptors (Lipinski definition) is 2. The molecule has 4 heteroatoms. The summed E-state index contributed by atoms with van der Waals surface area (Å²) in [6.07, 6.45) is 1.47. The lowest BCUT2D eigenvalue weighted by Gasteiger charge is -2.14. The van der Waals surface area contributed by atoms with Gasteiger partial charge in [-0.3, -0.25) is 9.79 Å². The van der Waals surface area contributed by atoms with E-state index in [0.717, 1.165) is 0 Å². The van der Waals surface area contributed by atoms with Gasteiger partial charge in [-0.15, -0.1) is 0 Å². The molecule has 2 nitrogen and oxygen atoms in total. The summed E-state index contributed by atoms with van der Waals surface area (Å²) in [6.45, 7) is 1.74. The highest BCUT2D eigenvalue weighted by atomic mass is 79.9. The van der Waals surface area contributed by atoms with Crippen molar-refractivity contribution in [1.29, 1.82) is 0 Å². The lowest BCUT2D eigenvalue weighted by Crippen LogP contribution is -2.16. The number of carbonyl (C=O) groups is 1. The molecule has 0 spiro atoms. The van der Waals surface area contributed by atoms with E-state index in [4.69, 9.17) is 0 Å². The lowest BCUT2D eigenvalue weighted by atomic mass is 9.96. The molecular weight excluding hydrogens is 249 g/mol. The fourth-order valence-electron chi connectivity index (χ4n) is 1.38. The Hall–Kier alpha value is -1.03. The van der Waals surface area contributed by atoms with Crippen molar-refractivity contribution in [3.05, 3.63) is 28.0 Å². The molecule has 1 aliphatic rings. The molecule has 1 unspecified atom stereocenters. The van der Waals surface area contributed by atoms with Gasteiger partial charge < -0.3 is 0 Å². The number of hydrogen-bond donors (Lipinski definition) is 0. The molecule has 0 N–H and O–H groups in total. The smallest absolute Gasteiger partial charge is 0.173 e. The summed E-state index contributed by atoms with van der Waals surface area (Å²) < 4.78 is 13.9. The number of carbonyl (C=O) groups excluding carboxylic acids is 1. The number of ketones is 1. The van der Waals surface area contributed by atoms with Crippen molar-refractivity contribution in [3.63, 3.8) is 0 Å². The van der Waals surface area contributed by atoms with Crippen LogP contribution in [0, 0.1) is 11.7 Å². The monoisotopic (exact) mass is 255 g/mol. The second-order valence-electron chi connectivity index (χ2n) is 3.21. The van der Waals surface area contributed by atoms with E-state index in [-0.39, 0.29) is 17.4 Å². The fraction of sp³-hybridized carbons (Fsp3) is 0.200. The summed E-state index contributed by atoms with van der Waals surface area (Å²) in [6, 6.07) is 2.91. The standard InChI is InChI=1S/C10H7BrFNO/c1-5-4-13-9-7(10(5)14)2-6(11)3-8(9)12/h2-5H,1H3.